The average molecular weight is 235 g/mol. The van der Waals surface area contributed by atoms with Gasteiger partial charge in [-0.2, -0.15) is 0 Å². The number of nitrogen functional groups attached to an aromatic ring is 1. The third kappa shape index (κ3) is 2.43. The van der Waals surface area contributed by atoms with E-state index in [-0.39, 0.29) is 0 Å². The monoisotopic (exact) mass is 235 g/mol. The predicted molar refractivity (Wildman–Crippen MR) is 66.8 cm³/mol. The lowest BCUT2D eigenvalue weighted by Gasteiger charge is -2.09. The summed E-state index contributed by atoms with van der Waals surface area (Å²) in [4.78, 5) is 4.19. The molecule has 84 valence electrons. The second-order valence-electron chi connectivity index (χ2n) is 3.29. The van der Waals surface area contributed by atoms with Crippen molar-refractivity contribution in [2.45, 2.75) is 6.54 Å². The number of aromatic nitrogens is 1. The fourth-order valence-corrected chi connectivity index (χ4v) is 1.90. The van der Waals surface area contributed by atoms with Crippen LogP contribution in [0.1, 0.15) is 5.69 Å². The summed E-state index contributed by atoms with van der Waals surface area (Å²) >= 11 is 1.58. The maximum absolute atomic E-state index is 5.88. The van der Waals surface area contributed by atoms with Gasteiger partial charge >= 0.3 is 0 Å². The van der Waals surface area contributed by atoms with Crippen molar-refractivity contribution in [2.24, 2.45) is 0 Å². The molecule has 0 unspecified atom stereocenters. The third-order valence-corrected chi connectivity index (χ3v) is 2.84. The Hall–Kier alpha value is -1.75. The van der Waals surface area contributed by atoms with Gasteiger partial charge in [-0.05, 0) is 12.1 Å². The molecular formula is C11H13N3OS. The van der Waals surface area contributed by atoms with Gasteiger partial charge in [-0.15, -0.1) is 11.3 Å². The van der Waals surface area contributed by atoms with Crippen molar-refractivity contribution in [1.29, 1.82) is 0 Å². The zero-order chi connectivity index (χ0) is 11.4. The SMILES string of the molecule is COc1ccc(NCc2cscn2)c(N)c1. The average Bonchev–Trinajstić information content (AvgIpc) is 2.80. The lowest BCUT2D eigenvalue weighted by molar-refractivity contribution is 0.415. The first-order chi connectivity index (χ1) is 7.79. The van der Waals surface area contributed by atoms with Crippen LogP contribution in [-0.2, 0) is 6.54 Å². The highest BCUT2D eigenvalue weighted by atomic mass is 32.1. The Morgan fingerprint density at radius 2 is 2.38 bits per heavy atom. The topological polar surface area (TPSA) is 60.2 Å². The van der Waals surface area contributed by atoms with Crippen LogP contribution in [-0.4, -0.2) is 12.1 Å². The highest BCUT2D eigenvalue weighted by molar-refractivity contribution is 7.07. The highest BCUT2D eigenvalue weighted by Crippen LogP contribution is 2.24. The van der Waals surface area contributed by atoms with Crippen molar-refractivity contribution in [2.75, 3.05) is 18.2 Å². The van der Waals surface area contributed by atoms with Gasteiger partial charge in [0.2, 0.25) is 0 Å². The summed E-state index contributed by atoms with van der Waals surface area (Å²) in [5, 5.41) is 5.24. The summed E-state index contributed by atoms with van der Waals surface area (Å²) in [7, 11) is 1.62. The van der Waals surface area contributed by atoms with Crippen LogP contribution in [0.2, 0.25) is 0 Å². The van der Waals surface area contributed by atoms with Crippen LogP contribution in [0, 0.1) is 0 Å². The van der Waals surface area contributed by atoms with E-state index >= 15 is 0 Å². The molecule has 16 heavy (non-hydrogen) atoms. The van der Waals surface area contributed by atoms with Crippen LogP contribution in [0.25, 0.3) is 0 Å². The van der Waals surface area contributed by atoms with Crippen molar-refractivity contribution in [3.05, 3.63) is 34.8 Å². The predicted octanol–water partition coefficient (Wildman–Crippen LogP) is 2.35. The molecule has 4 nitrogen and oxygen atoms in total. The maximum Gasteiger partial charge on any atom is 0.121 e. The fraction of sp³-hybridized carbons (Fsp3) is 0.182. The first-order valence-electron chi connectivity index (χ1n) is 4.84. The molecule has 3 N–H and O–H groups in total. The number of nitrogens with zero attached hydrogens (tertiary/aromatic N) is 1. The standard InChI is InChI=1S/C11H13N3OS/c1-15-9-2-3-11(10(12)4-9)13-5-8-6-16-7-14-8/h2-4,6-7,13H,5,12H2,1H3. The Morgan fingerprint density at radius 1 is 1.50 bits per heavy atom. The number of rotatable bonds is 4. The number of benzene rings is 1. The van der Waals surface area contributed by atoms with Crippen LogP contribution in [0.5, 0.6) is 5.75 Å². The first-order valence-corrected chi connectivity index (χ1v) is 5.78. The lowest BCUT2D eigenvalue weighted by Crippen LogP contribution is -2.02. The molecule has 0 saturated heterocycles. The Labute approximate surface area is 98.1 Å². The van der Waals surface area contributed by atoms with Gasteiger partial charge in [0, 0.05) is 11.4 Å². The van der Waals surface area contributed by atoms with Crippen molar-refractivity contribution < 1.29 is 4.74 Å². The third-order valence-electron chi connectivity index (χ3n) is 2.20. The van der Waals surface area contributed by atoms with E-state index in [4.69, 9.17) is 10.5 Å². The van der Waals surface area contributed by atoms with E-state index in [1.54, 1.807) is 24.5 Å². The van der Waals surface area contributed by atoms with Gasteiger partial charge in [0.05, 0.1) is 36.2 Å². The zero-order valence-corrected chi connectivity index (χ0v) is 9.75. The number of nitrogens with two attached hydrogens (primary N) is 1. The second kappa shape index (κ2) is 4.85. The normalized spacial score (nSPS) is 10.1. The summed E-state index contributed by atoms with van der Waals surface area (Å²) in [5.74, 6) is 0.761. The largest absolute Gasteiger partial charge is 0.497 e. The van der Waals surface area contributed by atoms with Gasteiger partial charge in [-0.1, -0.05) is 0 Å². The van der Waals surface area contributed by atoms with Crippen LogP contribution in [0.3, 0.4) is 0 Å². The van der Waals surface area contributed by atoms with E-state index < -0.39 is 0 Å². The molecule has 0 saturated carbocycles. The minimum Gasteiger partial charge on any atom is -0.497 e. The van der Waals surface area contributed by atoms with E-state index in [2.05, 4.69) is 10.3 Å². The lowest BCUT2D eigenvalue weighted by atomic mass is 10.2. The number of hydrogen-bond donors (Lipinski definition) is 2. The number of nitrogens with one attached hydrogen (secondary N) is 1. The van der Waals surface area contributed by atoms with E-state index in [9.17, 15) is 0 Å². The molecule has 0 spiro atoms. The maximum atomic E-state index is 5.88. The number of hydrogen-bond acceptors (Lipinski definition) is 5. The Morgan fingerprint density at radius 3 is 3.00 bits per heavy atom. The summed E-state index contributed by atoms with van der Waals surface area (Å²) in [6.07, 6.45) is 0. The van der Waals surface area contributed by atoms with Gasteiger partial charge in [-0.3, -0.25) is 0 Å². The van der Waals surface area contributed by atoms with Gasteiger partial charge in [0.1, 0.15) is 5.75 Å². The minimum atomic E-state index is 0.676. The van der Waals surface area contributed by atoms with Crippen LogP contribution in [0.15, 0.2) is 29.1 Å². The molecule has 0 aliphatic rings. The minimum absolute atomic E-state index is 0.676. The summed E-state index contributed by atoms with van der Waals surface area (Å²) < 4.78 is 5.08. The number of anilines is 2. The summed E-state index contributed by atoms with van der Waals surface area (Å²) in [5.41, 5.74) is 10.3. The van der Waals surface area contributed by atoms with E-state index in [1.807, 2.05) is 23.0 Å². The van der Waals surface area contributed by atoms with Gasteiger partial charge in [0.15, 0.2) is 0 Å². The quantitative estimate of drug-likeness (QED) is 0.799. The fourth-order valence-electron chi connectivity index (χ4n) is 1.34. The van der Waals surface area contributed by atoms with Crippen molar-refractivity contribution >= 4 is 22.7 Å². The van der Waals surface area contributed by atoms with Gasteiger partial charge in [-0.25, -0.2) is 4.98 Å². The molecule has 2 aromatic rings. The van der Waals surface area contributed by atoms with E-state index in [0.29, 0.717) is 12.2 Å². The van der Waals surface area contributed by atoms with E-state index in [0.717, 1.165) is 17.1 Å². The molecule has 1 aromatic carbocycles. The molecule has 0 aliphatic carbocycles. The molecule has 1 heterocycles. The second-order valence-corrected chi connectivity index (χ2v) is 4.01. The number of thiazole rings is 1. The Kier molecular flexibility index (Phi) is 3.26. The molecule has 1 aromatic heterocycles. The van der Waals surface area contributed by atoms with Gasteiger partial charge in [0.25, 0.3) is 0 Å². The molecule has 0 bridgehead atoms. The molecule has 0 aliphatic heterocycles. The zero-order valence-electron chi connectivity index (χ0n) is 8.93. The van der Waals surface area contributed by atoms with E-state index in [1.165, 1.54) is 0 Å². The summed E-state index contributed by atoms with van der Waals surface area (Å²) in [6, 6.07) is 5.57. The van der Waals surface area contributed by atoms with Crippen molar-refractivity contribution in [3.8, 4) is 5.75 Å². The number of ether oxygens (including phenoxy) is 1. The smallest absolute Gasteiger partial charge is 0.121 e. The van der Waals surface area contributed by atoms with Crippen molar-refractivity contribution in [1.82, 2.24) is 4.98 Å². The first kappa shape index (κ1) is 10.8. The van der Waals surface area contributed by atoms with Crippen LogP contribution in [0.4, 0.5) is 11.4 Å². The highest BCUT2D eigenvalue weighted by Gasteiger charge is 2.01. The van der Waals surface area contributed by atoms with Crippen molar-refractivity contribution in [3.63, 3.8) is 0 Å². The molecule has 0 amide bonds. The number of methoxy groups -OCH3 is 1. The summed E-state index contributed by atoms with van der Waals surface area (Å²) in [6.45, 7) is 0.681. The Balaban J connectivity index is 2.04. The molecular weight excluding hydrogens is 222 g/mol. The molecule has 0 atom stereocenters. The molecule has 0 fully saturated rings. The van der Waals surface area contributed by atoms with Crippen LogP contribution >= 0.6 is 11.3 Å². The molecule has 5 heteroatoms. The van der Waals surface area contributed by atoms with Gasteiger partial charge < -0.3 is 15.8 Å². The molecule has 0 radical (unpaired) electrons. The Bertz CT molecular complexity index is 456. The van der Waals surface area contributed by atoms with Crippen LogP contribution < -0.4 is 15.8 Å². The molecule has 2 rings (SSSR count).